The number of fused-ring (bicyclic) bond motifs is 1. The second-order valence-corrected chi connectivity index (χ2v) is 8.53. The molecule has 0 spiro atoms. The molecule has 1 aromatic heterocycles. The molecule has 120 valence electrons. The summed E-state index contributed by atoms with van der Waals surface area (Å²) in [6, 6.07) is 2.74. The van der Waals surface area contributed by atoms with Crippen LogP contribution in [0.15, 0.2) is 11.4 Å². The summed E-state index contributed by atoms with van der Waals surface area (Å²) in [6.45, 7) is 6.28. The lowest BCUT2D eigenvalue weighted by Crippen LogP contribution is -2.49. The van der Waals surface area contributed by atoms with Crippen molar-refractivity contribution in [2.24, 2.45) is 0 Å². The van der Waals surface area contributed by atoms with E-state index < -0.39 is 0 Å². The Bertz CT molecular complexity index is 541. The molecule has 2 unspecified atom stereocenters. The summed E-state index contributed by atoms with van der Waals surface area (Å²) < 4.78 is 0. The van der Waals surface area contributed by atoms with Crippen LogP contribution in [0.25, 0.3) is 0 Å². The summed E-state index contributed by atoms with van der Waals surface area (Å²) in [7, 11) is 0. The zero-order valence-corrected chi connectivity index (χ0v) is 14.4. The molecule has 1 amide bonds. The fourth-order valence-corrected chi connectivity index (χ4v) is 6.18. The van der Waals surface area contributed by atoms with E-state index in [1.165, 1.54) is 10.4 Å². The van der Waals surface area contributed by atoms with Gasteiger partial charge in [-0.2, -0.15) is 0 Å². The average Bonchev–Trinajstić information content (AvgIpc) is 3.24. The van der Waals surface area contributed by atoms with E-state index in [2.05, 4.69) is 26.6 Å². The van der Waals surface area contributed by atoms with Crippen molar-refractivity contribution in [3.05, 3.63) is 21.9 Å². The smallest absolute Gasteiger partial charge is 0.240 e. The molecule has 2 atom stereocenters. The number of aryl methyl sites for hydroxylation is 1. The first-order valence-corrected chi connectivity index (χ1v) is 10.2. The van der Waals surface area contributed by atoms with Gasteiger partial charge in [0.15, 0.2) is 0 Å². The molecular weight excluding hydrogens is 314 g/mol. The lowest BCUT2D eigenvalue weighted by Gasteiger charge is -2.33. The quantitative estimate of drug-likeness (QED) is 0.889. The van der Waals surface area contributed by atoms with Crippen molar-refractivity contribution in [1.82, 2.24) is 15.1 Å². The highest BCUT2D eigenvalue weighted by Gasteiger charge is 2.36. The van der Waals surface area contributed by atoms with Gasteiger partial charge in [-0.1, -0.05) is 0 Å². The molecule has 0 aliphatic carbocycles. The van der Waals surface area contributed by atoms with Crippen LogP contribution in [0, 0.1) is 0 Å². The molecular formula is C16H23N3OS2. The minimum atomic E-state index is 0.0526. The van der Waals surface area contributed by atoms with E-state index in [1.54, 1.807) is 0 Å². The highest BCUT2D eigenvalue weighted by molar-refractivity contribution is 8.00. The third kappa shape index (κ3) is 2.82. The van der Waals surface area contributed by atoms with Crippen LogP contribution in [0.5, 0.6) is 0 Å². The maximum absolute atomic E-state index is 13.0. The minimum Gasteiger partial charge on any atom is -0.340 e. The summed E-state index contributed by atoms with van der Waals surface area (Å²) in [4.78, 5) is 19.1. The molecule has 3 aliphatic rings. The maximum Gasteiger partial charge on any atom is 0.240 e. The van der Waals surface area contributed by atoms with Gasteiger partial charge in [0.2, 0.25) is 5.91 Å². The second kappa shape index (κ2) is 6.51. The average molecular weight is 338 g/mol. The van der Waals surface area contributed by atoms with Crippen molar-refractivity contribution < 1.29 is 4.79 Å². The topological polar surface area (TPSA) is 35.6 Å². The van der Waals surface area contributed by atoms with Crippen LogP contribution in [0.3, 0.4) is 0 Å². The molecule has 0 radical (unpaired) electrons. The molecule has 4 nitrogen and oxygen atoms in total. The third-order valence-electron chi connectivity index (χ3n) is 5.04. The van der Waals surface area contributed by atoms with Crippen LogP contribution in [-0.4, -0.2) is 66.8 Å². The maximum atomic E-state index is 13.0. The molecule has 0 saturated carbocycles. The van der Waals surface area contributed by atoms with Gasteiger partial charge in [-0.25, -0.2) is 0 Å². The van der Waals surface area contributed by atoms with Crippen LogP contribution in [0.1, 0.15) is 22.1 Å². The van der Waals surface area contributed by atoms with Crippen molar-refractivity contribution in [1.29, 1.82) is 0 Å². The van der Waals surface area contributed by atoms with Gasteiger partial charge in [-0.05, 0) is 35.6 Å². The lowest BCUT2D eigenvalue weighted by molar-refractivity contribution is -0.129. The Morgan fingerprint density at radius 1 is 1.27 bits per heavy atom. The number of amides is 1. The molecule has 3 aliphatic heterocycles. The van der Waals surface area contributed by atoms with Gasteiger partial charge < -0.3 is 10.2 Å². The number of thioether (sulfide) groups is 1. The summed E-state index contributed by atoms with van der Waals surface area (Å²) in [5.41, 5.74) is 1.29. The monoisotopic (exact) mass is 337 g/mol. The Hall–Kier alpha value is -0.560. The van der Waals surface area contributed by atoms with Gasteiger partial charge in [-0.3, -0.25) is 9.69 Å². The van der Waals surface area contributed by atoms with Gasteiger partial charge >= 0.3 is 0 Å². The number of piperazine rings is 1. The normalized spacial score (nSPS) is 29.5. The summed E-state index contributed by atoms with van der Waals surface area (Å²) in [5, 5.41) is 5.60. The van der Waals surface area contributed by atoms with E-state index in [-0.39, 0.29) is 5.25 Å². The fourth-order valence-electron chi connectivity index (χ4n) is 3.80. The van der Waals surface area contributed by atoms with Crippen molar-refractivity contribution in [3.63, 3.8) is 0 Å². The van der Waals surface area contributed by atoms with Gasteiger partial charge in [0.05, 0.1) is 0 Å². The number of hydrogen-bond acceptors (Lipinski definition) is 5. The summed E-state index contributed by atoms with van der Waals surface area (Å²) >= 11 is 3.65. The number of nitrogens with one attached hydrogen (secondary N) is 1. The SMILES string of the molecule is O=C(C1SCCc2sccc21)N1CCC(N2CCNCC2)C1. The molecule has 0 aromatic carbocycles. The molecule has 1 N–H and O–H groups in total. The van der Waals surface area contributed by atoms with E-state index in [9.17, 15) is 4.79 Å². The zero-order chi connectivity index (χ0) is 14.9. The van der Waals surface area contributed by atoms with E-state index in [0.717, 1.165) is 57.9 Å². The van der Waals surface area contributed by atoms with Gasteiger partial charge in [0, 0.05) is 50.2 Å². The number of carbonyl (C=O) groups is 1. The molecule has 4 rings (SSSR count). The van der Waals surface area contributed by atoms with Gasteiger partial charge in [0.25, 0.3) is 0 Å². The number of nitrogens with zero attached hydrogens (tertiary/aromatic N) is 2. The number of rotatable bonds is 2. The Labute approximate surface area is 140 Å². The number of likely N-dealkylation sites (tertiary alicyclic amines) is 1. The highest BCUT2D eigenvalue weighted by atomic mass is 32.2. The molecule has 2 saturated heterocycles. The van der Waals surface area contributed by atoms with Crippen molar-refractivity contribution >= 4 is 29.0 Å². The number of carbonyl (C=O) groups excluding carboxylic acids is 1. The Kier molecular flexibility index (Phi) is 4.44. The third-order valence-corrected chi connectivity index (χ3v) is 7.27. The predicted octanol–water partition coefficient (Wildman–Crippen LogP) is 1.58. The van der Waals surface area contributed by atoms with Crippen molar-refractivity contribution in [3.8, 4) is 0 Å². The highest BCUT2D eigenvalue weighted by Crippen LogP contribution is 2.41. The molecule has 1 aromatic rings. The van der Waals surface area contributed by atoms with Crippen LogP contribution in [0.4, 0.5) is 0 Å². The first-order valence-electron chi connectivity index (χ1n) is 8.24. The Morgan fingerprint density at radius 3 is 3.00 bits per heavy atom. The summed E-state index contributed by atoms with van der Waals surface area (Å²) in [6.07, 6.45) is 2.27. The standard InChI is InChI=1S/C16H23N3OS2/c20-16(15-13-2-9-21-14(13)3-10-22-15)19-6-1-12(11-19)18-7-4-17-5-8-18/h2,9,12,15,17H,1,3-8,10-11H2. The number of thiophene rings is 1. The molecule has 22 heavy (non-hydrogen) atoms. The number of hydrogen-bond donors (Lipinski definition) is 1. The van der Waals surface area contributed by atoms with Crippen LogP contribution in [-0.2, 0) is 11.2 Å². The van der Waals surface area contributed by atoms with Crippen LogP contribution < -0.4 is 5.32 Å². The first-order chi connectivity index (χ1) is 10.8. The largest absolute Gasteiger partial charge is 0.340 e. The Balaban J connectivity index is 1.42. The first kappa shape index (κ1) is 15.0. The fraction of sp³-hybridized carbons (Fsp3) is 0.688. The van der Waals surface area contributed by atoms with E-state index in [0.29, 0.717) is 11.9 Å². The summed E-state index contributed by atoms with van der Waals surface area (Å²) in [5.74, 6) is 1.43. The Morgan fingerprint density at radius 2 is 2.14 bits per heavy atom. The van der Waals surface area contributed by atoms with E-state index in [1.807, 2.05) is 23.1 Å². The molecule has 6 heteroatoms. The van der Waals surface area contributed by atoms with E-state index in [4.69, 9.17) is 0 Å². The molecule has 0 bridgehead atoms. The van der Waals surface area contributed by atoms with Crippen LogP contribution in [0.2, 0.25) is 0 Å². The molecule has 4 heterocycles. The van der Waals surface area contributed by atoms with Crippen molar-refractivity contribution in [2.75, 3.05) is 45.0 Å². The second-order valence-electron chi connectivity index (χ2n) is 6.31. The zero-order valence-electron chi connectivity index (χ0n) is 12.8. The molecule has 2 fully saturated rings. The lowest BCUT2D eigenvalue weighted by atomic mass is 10.1. The van der Waals surface area contributed by atoms with Crippen molar-refractivity contribution in [2.45, 2.75) is 24.1 Å². The van der Waals surface area contributed by atoms with Crippen LogP contribution >= 0.6 is 23.1 Å². The predicted molar refractivity (Wildman–Crippen MR) is 92.6 cm³/mol. The van der Waals surface area contributed by atoms with Gasteiger partial charge in [0.1, 0.15) is 5.25 Å². The van der Waals surface area contributed by atoms with E-state index >= 15 is 0 Å². The van der Waals surface area contributed by atoms with Gasteiger partial charge in [-0.15, -0.1) is 23.1 Å². The minimum absolute atomic E-state index is 0.0526.